The Hall–Kier alpha value is -2.60. The lowest BCUT2D eigenvalue weighted by atomic mass is 10.2. The summed E-state index contributed by atoms with van der Waals surface area (Å²) in [5.74, 6) is 1.36. The van der Waals surface area contributed by atoms with E-state index >= 15 is 0 Å². The Morgan fingerprint density at radius 1 is 1.17 bits per heavy atom. The molecule has 3 N–H and O–H groups in total. The zero-order chi connectivity index (χ0) is 17.4. The lowest BCUT2D eigenvalue weighted by Crippen LogP contribution is -2.23. The molecule has 6 heteroatoms. The molecule has 0 radical (unpaired) electrons. The summed E-state index contributed by atoms with van der Waals surface area (Å²) >= 11 is 4.70. The molecule has 2 aromatic carbocycles. The van der Waals surface area contributed by atoms with Gasteiger partial charge in [0.2, 0.25) is 0 Å². The van der Waals surface area contributed by atoms with Gasteiger partial charge in [-0.15, -0.1) is 0 Å². The van der Waals surface area contributed by atoms with E-state index in [0.29, 0.717) is 24.7 Å². The number of aryl methyl sites for hydroxylation is 1. The van der Waals surface area contributed by atoms with E-state index in [1.54, 1.807) is 6.21 Å². The number of benzene rings is 2. The molecule has 0 fully saturated rings. The van der Waals surface area contributed by atoms with Crippen molar-refractivity contribution in [2.45, 2.75) is 20.5 Å². The zero-order valence-electron chi connectivity index (χ0n) is 13.8. The van der Waals surface area contributed by atoms with Crippen LogP contribution in [-0.2, 0) is 6.61 Å². The molecular weight excluding hydrogens is 322 g/mol. The Bertz CT molecular complexity index is 715. The predicted octanol–water partition coefficient (Wildman–Crippen LogP) is 3.14. The van der Waals surface area contributed by atoms with Crippen LogP contribution in [0, 0.1) is 6.92 Å². The fourth-order valence-corrected chi connectivity index (χ4v) is 2.06. The number of nitrogens with zero attached hydrogens (tertiary/aromatic N) is 1. The maximum absolute atomic E-state index is 5.89. The molecule has 2 rings (SSSR count). The van der Waals surface area contributed by atoms with Gasteiger partial charge in [-0.25, -0.2) is 0 Å². The number of nitrogens with two attached hydrogens (primary N) is 1. The first kappa shape index (κ1) is 17.7. The molecule has 0 unspecified atom stereocenters. The minimum atomic E-state index is 0.120. The van der Waals surface area contributed by atoms with E-state index in [1.165, 1.54) is 5.56 Å². The van der Waals surface area contributed by atoms with Gasteiger partial charge in [0.05, 0.1) is 12.8 Å². The Morgan fingerprint density at radius 2 is 1.92 bits per heavy atom. The van der Waals surface area contributed by atoms with Crippen molar-refractivity contribution in [2.24, 2.45) is 10.8 Å². The fraction of sp³-hybridized carbons (Fsp3) is 0.222. The molecule has 0 aliphatic carbocycles. The van der Waals surface area contributed by atoms with Crippen molar-refractivity contribution in [3.63, 3.8) is 0 Å². The Kier molecular flexibility index (Phi) is 6.57. The molecule has 0 bridgehead atoms. The molecule has 0 saturated heterocycles. The third-order valence-electron chi connectivity index (χ3n) is 3.17. The average Bonchev–Trinajstić information content (AvgIpc) is 2.55. The van der Waals surface area contributed by atoms with Crippen molar-refractivity contribution in [2.75, 3.05) is 6.61 Å². The second-order valence-corrected chi connectivity index (χ2v) is 5.59. The Balaban J connectivity index is 2.09. The van der Waals surface area contributed by atoms with E-state index in [0.717, 1.165) is 11.1 Å². The number of hydrogen-bond donors (Lipinski definition) is 2. The smallest absolute Gasteiger partial charge is 0.184 e. The summed E-state index contributed by atoms with van der Waals surface area (Å²) in [6, 6.07) is 13.8. The van der Waals surface area contributed by atoms with Gasteiger partial charge in [-0.1, -0.05) is 29.8 Å². The molecule has 0 aliphatic rings. The molecule has 0 amide bonds. The van der Waals surface area contributed by atoms with Gasteiger partial charge in [-0.3, -0.25) is 5.43 Å². The average molecular weight is 343 g/mol. The van der Waals surface area contributed by atoms with Crippen LogP contribution in [0.2, 0.25) is 0 Å². The molecule has 5 nitrogen and oxygen atoms in total. The van der Waals surface area contributed by atoms with Gasteiger partial charge < -0.3 is 15.2 Å². The summed E-state index contributed by atoms with van der Waals surface area (Å²) < 4.78 is 11.5. The van der Waals surface area contributed by atoms with E-state index in [2.05, 4.69) is 41.7 Å². The third kappa shape index (κ3) is 5.55. The molecule has 0 aliphatic heterocycles. The van der Waals surface area contributed by atoms with Crippen LogP contribution in [0.25, 0.3) is 0 Å². The molecule has 0 heterocycles. The summed E-state index contributed by atoms with van der Waals surface area (Å²) in [6.07, 6.45) is 1.62. The number of ether oxygens (including phenoxy) is 2. The van der Waals surface area contributed by atoms with Crippen molar-refractivity contribution in [3.05, 3.63) is 59.2 Å². The summed E-state index contributed by atoms with van der Waals surface area (Å²) in [5, 5.41) is 4.06. The molecule has 2 aromatic rings. The highest BCUT2D eigenvalue weighted by atomic mass is 32.1. The van der Waals surface area contributed by atoms with Gasteiger partial charge in [0, 0.05) is 0 Å². The van der Waals surface area contributed by atoms with Crippen LogP contribution in [0.4, 0.5) is 0 Å². The molecule has 24 heavy (non-hydrogen) atoms. The quantitative estimate of drug-likeness (QED) is 0.459. The number of hydrogen-bond acceptors (Lipinski definition) is 4. The van der Waals surface area contributed by atoms with Crippen molar-refractivity contribution in [3.8, 4) is 11.5 Å². The minimum Gasteiger partial charge on any atom is -0.490 e. The largest absolute Gasteiger partial charge is 0.490 e. The van der Waals surface area contributed by atoms with Crippen LogP contribution in [0.3, 0.4) is 0 Å². The van der Waals surface area contributed by atoms with Crippen LogP contribution in [0.1, 0.15) is 23.6 Å². The number of thiocarbonyl (C=S) groups is 1. The first-order chi connectivity index (χ1) is 11.6. The second-order valence-electron chi connectivity index (χ2n) is 5.15. The van der Waals surface area contributed by atoms with E-state index in [1.807, 2.05) is 25.1 Å². The van der Waals surface area contributed by atoms with Gasteiger partial charge in [-0.2, -0.15) is 5.10 Å². The first-order valence-electron chi connectivity index (χ1n) is 7.62. The van der Waals surface area contributed by atoms with E-state index in [9.17, 15) is 0 Å². The summed E-state index contributed by atoms with van der Waals surface area (Å²) in [4.78, 5) is 0. The van der Waals surface area contributed by atoms with Crippen molar-refractivity contribution >= 4 is 23.5 Å². The maximum Gasteiger partial charge on any atom is 0.184 e. The van der Waals surface area contributed by atoms with Crippen molar-refractivity contribution in [1.82, 2.24) is 5.43 Å². The van der Waals surface area contributed by atoms with Crippen LogP contribution < -0.4 is 20.6 Å². The van der Waals surface area contributed by atoms with Crippen LogP contribution in [0.5, 0.6) is 11.5 Å². The van der Waals surface area contributed by atoms with Crippen LogP contribution in [0.15, 0.2) is 47.6 Å². The molecule has 0 spiro atoms. The SMILES string of the molecule is CCOc1cc(/C=N/NC(N)=S)ccc1OCc1ccc(C)cc1. The zero-order valence-corrected chi connectivity index (χ0v) is 14.6. The lowest BCUT2D eigenvalue weighted by molar-refractivity contribution is 0.269. The van der Waals surface area contributed by atoms with Gasteiger partial charge in [0.1, 0.15) is 6.61 Å². The molecule has 126 valence electrons. The fourth-order valence-electron chi connectivity index (χ4n) is 2.01. The van der Waals surface area contributed by atoms with Crippen LogP contribution >= 0.6 is 12.2 Å². The molecule has 0 aromatic heterocycles. The maximum atomic E-state index is 5.89. The highest BCUT2D eigenvalue weighted by Crippen LogP contribution is 2.28. The van der Waals surface area contributed by atoms with Gasteiger partial charge >= 0.3 is 0 Å². The van der Waals surface area contributed by atoms with Crippen molar-refractivity contribution in [1.29, 1.82) is 0 Å². The number of rotatable bonds is 7. The normalized spacial score (nSPS) is 10.6. The monoisotopic (exact) mass is 343 g/mol. The van der Waals surface area contributed by atoms with Gasteiger partial charge in [0.15, 0.2) is 16.6 Å². The van der Waals surface area contributed by atoms with Gasteiger partial charge in [-0.05, 0) is 55.4 Å². The Labute approximate surface area is 147 Å². The Morgan fingerprint density at radius 3 is 2.58 bits per heavy atom. The third-order valence-corrected chi connectivity index (χ3v) is 3.26. The van der Waals surface area contributed by atoms with Gasteiger partial charge in [0.25, 0.3) is 0 Å². The van der Waals surface area contributed by atoms with Crippen molar-refractivity contribution < 1.29 is 9.47 Å². The van der Waals surface area contributed by atoms with E-state index in [-0.39, 0.29) is 5.11 Å². The summed E-state index contributed by atoms with van der Waals surface area (Å²) in [6.45, 7) is 5.02. The highest BCUT2D eigenvalue weighted by Gasteiger charge is 2.06. The molecule has 0 saturated carbocycles. The number of hydrazone groups is 1. The first-order valence-corrected chi connectivity index (χ1v) is 8.03. The summed E-state index contributed by atoms with van der Waals surface area (Å²) in [7, 11) is 0. The predicted molar refractivity (Wildman–Crippen MR) is 101 cm³/mol. The topological polar surface area (TPSA) is 68.9 Å². The van der Waals surface area contributed by atoms with Crippen LogP contribution in [-0.4, -0.2) is 17.9 Å². The molecule has 0 atom stereocenters. The highest BCUT2D eigenvalue weighted by molar-refractivity contribution is 7.80. The molecular formula is C18H21N3O2S. The minimum absolute atomic E-state index is 0.120. The lowest BCUT2D eigenvalue weighted by Gasteiger charge is -2.12. The second kappa shape index (κ2) is 8.88. The standard InChI is InChI=1S/C18H21N3O2S/c1-3-22-17-10-15(11-20-21-18(19)24)8-9-16(17)23-12-14-6-4-13(2)5-7-14/h4-11H,3,12H2,1-2H3,(H3,19,21,24)/b20-11+. The van der Waals surface area contributed by atoms with E-state index < -0.39 is 0 Å². The number of nitrogens with one attached hydrogen (secondary N) is 1. The van der Waals surface area contributed by atoms with E-state index in [4.69, 9.17) is 27.4 Å². The summed E-state index contributed by atoms with van der Waals surface area (Å²) in [5.41, 5.74) is 11.0.